The fraction of sp³-hybridized carbons (Fsp3) is 1.00. The molecule has 3 unspecified atom stereocenters. The van der Waals surface area contributed by atoms with E-state index in [1.165, 1.54) is 0 Å². The van der Waals surface area contributed by atoms with E-state index in [-0.39, 0.29) is 0 Å². The van der Waals surface area contributed by atoms with Gasteiger partial charge in [0, 0.05) is 0 Å². The first kappa shape index (κ1) is 15.3. The summed E-state index contributed by atoms with van der Waals surface area (Å²) in [7, 11) is 0. The van der Waals surface area contributed by atoms with E-state index in [4.69, 9.17) is 0 Å². The first-order chi connectivity index (χ1) is 8.00. The van der Waals surface area contributed by atoms with Crippen LogP contribution in [-0.2, 0) is 0 Å². The standard InChI is InChI=1S/C7Cl2F10/c8-1-4(12,13)2(10,3(9,11)5(1,14)15)7(18,19)6(1,16)17. The maximum atomic E-state index is 13.6. The number of hydrogen-bond acceptors (Lipinski definition) is 0. The summed E-state index contributed by atoms with van der Waals surface area (Å²) in [5.74, 6) is -25.5. The van der Waals surface area contributed by atoms with Crippen molar-refractivity contribution in [2.75, 3.05) is 0 Å². The third kappa shape index (κ3) is 0.873. The van der Waals surface area contributed by atoms with Crippen molar-refractivity contribution in [3.63, 3.8) is 0 Å². The van der Waals surface area contributed by atoms with Crippen molar-refractivity contribution in [3.05, 3.63) is 0 Å². The molecule has 0 saturated heterocycles. The summed E-state index contributed by atoms with van der Waals surface area (Å²) in [6, 6.07) is 0. The van der Waals surface area contributed by atoms with Crippen molar-refractivity contribution in [2.45, 2.75) is 39.4 Å². The molecule has 0 aromatic heterocycles. The Morgan fingerprint density at radius 2 is 0.842 bits per heavy atom. The molecule has 19 heavy (non-hydrogen) atoms. The maximum absolute atomic E-state index is 13.6. The molecule has 0 aliphatic heterocycles. The molecule has 2 fully saturated rings. The Balaban J connectivity index is 2.99. The highest BCUT2D eigenvalue weighted by Crippen LogP contribution is 2.84. The zero-order valence-corrected chi connectivity index (χ0v) is 9.55. The van der Waals surface area contributed by atoms with E-state index < -0.39 is 39.4 Å². The molecule has 2 aliphatic carbocycles. The molecule has 0 spiro atoms. The van der Waals surface area contributed by atoms with E-state index in [1.807, 2.05) is 0 Å². The van der Waals surface area contributed by atoms with E-state index in [1.54, 1.807) is 0 Å². The fourth-order valence-corrected chi connectivity index (χ4v) is 3.09. The summed E-state index contributed by atoms with van der Waals surface area (Å²) >= 11 is 8.35. The van der Waals surface area contributed by atoms with Crippen LogP contribution in [0.2, 0.25) is 0 Å². The molecular weight excluding hydrogens is 345 g/mol. The first-order valence-electron chi connectivity index (χ1n) is 4.27. The van der Waals surface area contributed by atoms with Crippen molar-refractivity contribution in [1.29, 1.82) is 0 Å². The lowest BCUT2D eigenvalue weighted by Gasteiger charge is -2.44. The van der Waals surface area contributed by atoms with E-state index in [2.05, 4.69) is 23.2 Å². The number of alkyl halides is 12. The highest BCUT2D eigenvalue weighted by Gasteiger charge is 3.15. The topological polar surface area (TPSA) is 0 Å². The second kappa shape index (κ2) is 2.90. The Morgan fingerprint density at radius 3 is 1.11 bits per heavy atom. The second-order valence-electron chi connectivity index (χ2n) is 4.19. The van der Waals surface area contributed by atoms with Crippen molar-refractivity contribution in [2.24, 2.45) is 0 Å². The SMILES string of the molecule is FC1(F)C(F)(F)C2(Cl)C(F)(F)C(F)(Cl)C1(F)C2(F)F. The third-order valence-electron chi connectivity index (χ3n) is 3.38. The van der Waals surface area contributed by atoms with Crippen molar-refractivity contribution in [1.82, 2.24) is 0 Å². The highest BCUT2D eigenvalue weighted by molar-refractivity contribution is 6.32. The summed E-state index contributed by atoms with van der Waals surface area (Å²) < 4.78 is 132. The van der Waals surface area contributed by atoms with Crippen LogP contribution in [0.1, 0.15) is 0 Å². The predicted molar refractivity (Wildman–Crippen MR) is 41.9 cm³/mol. The van der Waals surface area contributed by atoms with Crippen molar-refractivity contribution < 1.29 is 43.9 Å². The van der Waals surface area contributed by atoms with Crippen LogP contribution >= 0.6 is 23.2 Å². The van der Waals surface area contributed by atoms with Gasteiger partial charge >= 0.3 is 23.7 Å². The van der Waals surface area contributed by atoms with Crippen LogP contribution in [-0.4, -0.2) is 39.4 Å². The van der Waals surface area contributed by atoms with E-state index >= 15 is 0 Å². The van der Waals surface area contributed by atoms with Crippen LogP contribution in [0.25, 0.3) is 0 Å². The van der Waals surface area contributed by atoms with Gasteiger partial charge in [0.2, 0.25) is 4.87 Å². The summed E-state index contributed by atoms with van der Waals surface area (Å²) in [4.78, 5) is -5.83. The van der Waals surface area contributed by atoms with E-state index in [9.17, 15) is 43.9 Å². The Bertz CT molecular complexity index is 387. The average molecular weight is 345 g/mol. The monoisotopic (exact) mass is 344 g/mol. The van der Waals surface area contributed by atoms with Crippen molar-refractivity contribution in [3.8, 4) is 0 Å². The van der Waals surface area contributed by atoms with Crippen LogP contribution in [0, 0.1) is 0 Å². The quantitative estimate of drug-likeness (QED) is 0.457. The van der Waals surface area contributed by atoms with Crippen LogP contribution in [0.15, 0.2) is 0 Å². The summed E-state index contributed by atoms with van der Waals surface area (Å²) in [5, 5.41) is -5.81. The zero-order valence-electron chi connectivity index (χ0n) is 8.04. The molecular formula is C7Cl2F10. The van der Waals surface area contributed by atoms with Crippen LogP contribution < -0.4 is 0 Å². The summed E-state index contributed by atoms with van der Waals surface area (Å²) in [6.45, 7) is 0. The van der Waals surface area contributed by atoms with Gasteiger partial charge in [-0.2, -0.15) is 26.3 Å². The van der Waals surface area contributed by atoms with Gasteiger partial charge in [0.1, 0.15) is 0 Å². The van der Waals surface area contributed by atoms with Gasteiger partial charge in [-0.05, 0) is 0 Å². The molecule has 2 bridgehead atoms. The van der Waals surface area contributed by atoms with Crippen molar-refractivity contribution >= 4 is 23.2 Å². The maximum Gasteiger partial charge on any atom is 0.356 e. The Morgan fingerprint density at radius 1 is 0.474 bits per heavy atom. The zero-order chi connectivity index (χ0) is 15.5. The smallest absolute Gasteiger partial charge is 0.225 e. The number of hydrogen-bond donors (Lipinski definition) is 0. The van der Waals surface area contributed by atoms with Gasteiger partial charge in [0.25, 0.3) is 10.8 Å². The minimum atomic E-state index is -6.54. The summed E-state index contributed by atoms with van der Waals surface area (Å²) in [6.07, 6.45) is 0. The third-order valence-corrected chi connectivity index (χ3v) is 4.59. The van der Waals surface area contributed by atoms with Gasteiger partial charge in [-0.1, -0.05) is 23.2 Å². The lowest BCUT2D eigenvalue weighted by Crippen LogP contribution is -2.73. The molecule has 2 aliphatic rings. The molecule has 0 radical (unpaired) electrons. The van der Waals surface area contributed by atoms with Gasteiger partial charge in [0.05, 0.1) is 0 Å². The number of fused-ring (bicyclic) bond motifs is 2. The van der Waals surface area contributed by atoms with E-state index in [0.29, 0.717) is 0 Å². The molecule has 0 heterocycles. The molecule has 0 N–H and O–H groups in total. The summed E-state index contributed by atoms with van der Waals surface area (Å²) in [5.41, 5.74) is -6.37. The normalized spacial score (nSPS) is 52.4. The molecule has 3 atom stereocenters. The Hall–Kier alpha value is -0.120. The minimum absolute atomic E-state index is 4.11. The number of halogens is 12. The molecule has 0 nitrogen and oxygen atoms in total. The van der Waals surface area contributed by atoms with Gasteiger partial charge in [-0.15, -0.1) is 0 Å². The van der Waals surface area contributed by atoms with Gasteiger partial charge < -0.3 is 0 Å². The number of rotatable bonds is 0. The van der Waals surface area contributed by atoms with Crippen LogP contribution in [0.5, 0.6) is 0 Å². The molecule has 0 aromatic rings. The van der Waals surface area contributed by atoms with Gasteiger partial charge in [-0.3, -0.25) is 0 Å². The predicted octanol–water partition coefficient (Wildman–Crippen LogP) is 4.15. The van der Waals surface area contributed by atoms with E-state index in [0.717, 1.165) is 0 Å². The van der Waals surface area contributed by atoms with Crippen LogP contribution in [0.3, 0.4) is 0 Å². The molecule has 0 aromatic carbocycles. The Kier molecular flexibility index (Phi) is 2.33. The molecule has 12 heteroatoms. The largest absolute Gasteiger partial charge is 0.356 e. The molecule has 2 rings (SSSR count). The highest BCUT2D eigenvalue weighted by atomic mass is 35.5. The molecule has 2 saturated carbocycles. The lowest BCUT2D eigenvalue weighted by atomic mass is 9.85. The fourth-order valence-electron chi connectivity index (χ4n) is 2.29. The molecule has 0 amide bonds. The van der Waals surface area contributed by atoms with Crippen LogP contribution in [0.4, 0.5) is 43.9 Å². The van der Waals surface area contributed by atoms with Gasteiger partial charge in [0.15, 0.2) is 0 Å². The minimum Gasteiger partial charge on any atom is -0.225 e. The first-order valence-corrected chi connectivity index (χ1v) is 5.02. The average Bonchev–Trinajstić information content (AvgIpc) is 2.32. The Labute approximate surface area is 107 Å². The molecule has 112 valence electrons. The van der Waals surface area contributed by atoms with Gasteiger partial charge in [-0.25, -0.2) is 17.6 Å². The second-order valence-corrected chi connectivity index (χ2v) is 5.28. The lowest BCUT2D eigenvalue weighted by molar-refractivity contribution is -0.328.